The van der Waals surface area contributed by atoms with E-state index in [4.69, 9.17) is 4.74 Å². The second-order valence-corrected chi connectivity index (χ2v) is 8.59. The molecule has 1 amide bonds. The predicted molar refractivity (Wildman–Crippen MR) is 109 cm³/mol. The number of hydrogen-bond donors (Lipinski definition) is 1. The number of amides is 1. The van der Waals surface area contributed by atoms with Gasteiger partial charge in [-0.2, -0.15) is 0 Å². The monoisotopic (exact) mass is 431 g/mol. The lowest BCUT2D eigenvalue weighted by molar-refractivity contribution is -0.908. The number of morpholine rings is 1. The standard InChI is InChI=1S/C22H23FN2O4S/c23-16-6-4-15(5-7-16)19-18(20(26)17-3-1-14-30-17)21(27)22(28)25(19)9-2-8-24-10-12-29-13-11-24/h1,3-7,14,18-19H,2,8-13H2/p+1. The van der Waals surface area contributed by atoms with Gasteiger partial charge in [-0.25, -0.2) is 4.39 Å². The Balaban J connectivity index is 1.58. The minimum absolute atomic E-state index is 0.348. The first kappa shape index (κ1) is 20.8. The Morgan fingerprint density at radius 1 is 1.17 bits per heavy atom. The van der Waals surface area contributed by atoms with Crippen molar-refractivity contribution in [1.82, 2.24) is 4.90 Å². The van der Waals surface area contributed by atoms with Crippen LogP contribution in [0.15, 0.2) is 41.8 Å². The predicted octanol–water partition coefficient (Wildman–Crippen LogP) is 1.14. The molecule has 2 aliphatic rings. The number of carbonyl (C=O) groups is 3. The molecule has 0 aliphatic carbocycles. The maximum Gasteiger partial charge on any atom is 0.291 e. The van der Waals surface area contributed by atoms with Gasteiger partial charge in [0.15, 0.2) is 5.78 Å². The summed E-state index contributed by atoms with van der Waals surface area (Å²) in [5, 5.41) is 1.77. The van der Waals surface area contributed by atoms with Gasteiger partial charge in [-0.05, 0) is 29.1 Å². The largest absolute Gasteiger partial charge is 0.370 e. The molecule has 8 heteroatoms. The molecule has 4 rings (SSSR count). The molecular formula is C22H24FN2O4S+. The van der Waals surface area contributed by atoms with E-state index in [2.05, 4.69) is 0 Å². The van der Waals surface area contributed by atoms with Crippen LogP contribution in [-0.2, 0) is 14.3 Å². The Morgan fingerprint density at radius 3 is 2.57 bits per heavy atom. The van der Waals surface area contributed by atoms with E-state index in [1.54, 1.807) is 29.6 Å². The smallest absolute Gasteiger partial charge is 0.291 e. The highest BCUT2D eigenvalue weighted by molar-refractivity contribution is 7.12. The first-order chi connectivity index (χ1) is 14.6. The Morgan fingerprint density at radius 2 is 1.90 bits per heavy atom. The first-order valence-electron chi connectivity index (χ1n) is 10.2. The Bertz CT molecular complexity index is 910. The molecule has 3 heterocycles. The van der Waals surface area contributed by atoms with Crippen molar-refractivity contribution in [2.75, 3.05) is 39.4 Å². The van der Waals surface area contributed by atoms with Gasteiger partial charge in [-0.15, -0.1) is 11.3 Å². The molecule has 0 bridgehead atoms. The molecule has 0 spiro atoms. The summed E-state index contributed by atoms with van der Waals surface area (Å²) < 4.78 is 18.9. The van der Waals surface area contributed by atoms with E-state index < -0.39 is 29.5 Å². The fourth-order valence-electron chi connectivity index (χ4n) is 4.24. The number of carbonyl (C=O) groups excluding carboxylic acids is 3. The second-order valence-electron chi connectivity index (χ2n) is 7.64. The zero-order chi connectivity index (χ0) is 21.1. The number of rotatable bonds is 7. The minimum atomic E-state index is -1.10. The lowest BCUT2D eigenvalue weighted by Crippen LogP contribution is -3.14. The second kappa shape index (κ2) is 9.16. The van der Waals surface area contributed by atoms with Crippen molar-refractivity contribution in [3.63, 3.8) is 0 Å². The van der Waals surface area contributed by atoms with Crippen LogP contribution in [0.1, 0.15) is 27.7 Å². The van der Waals surface area contributed by atoms with Crippen molar-refractivity contribution < 1.29 is 28.4 Å². The summed E-state index contributed by atoms with van der Waals surface area (Å²) in [6.07, 6.45) is 0.714. The van der Waals surface area contributed by atoms with Gasteiger partial charge in [-0.1, -0.05) is 18.2 Å². The Hall–Kier alpha value is -2.42. The number of quaternary nitrogens is 1. The van der Waals surface area contributed by atoms with E-state index in [-0.39, 0.29) is 5.78 Å². The highest BCUT2D eigenvalue weighted by atomic mass is 32.1. The van der Waals surface area contributed by atoms with Crippen LogP contribution in [0.5, 0.6) is 0 Å². The van der Waals surface area contributed by atoms with Gasteiger partial charge in [0.1, 0.15) is 24.8 Å². The van der Waals surface area contributed by atoms with Gasteiger partial charge >= 0.3 is 0 Å². The zero-order valence-corrected chi connectivity index (χ0v) is 17.3. The molecule has 2 aliphatic heterocycles. The van der Waals surface area contributed by atoms with Crippen LogP contribution in [0.4, 0.5) is 4.39 Å². The van der Waals surface area contributed by atoms with Gasteiger partial charge < -0.3 is 14.5 Å². The van der Waals surface area contributed by atoms with Crippen LogP contribution in [0.3, 0.4) is 0 Å². The van der Waals surface area contributed by atoms with Crippen molar-refractivity contribution >= 4 is 28.8 Å². The number of likely N-dealkylation sites (tertiary alicyclic amines) is 1. The lowest BCUT2D eigenvalue weighted by atomic mass is 9.88. The van der Waals surface area contributed by atoms with Gasteiger partial charge in [0, 0.05) is 13.0 Å². The van der Waals surface area contributed by atoms with Gasteiger partial charge in [0.05, 0.1) is 30.7 Å². The minimum Gasteiger partial charge on any atom is -0.370 e. The molecule has 1 N–H and O–H groups in total. The van der Waals surface area contributed by atoms with Crippen molar-refractivity contribution in [2.24, 2.45) is 5.92 Å². The van der Waals surface area contributed by atoms with E-state index in [1.807, 2.05) is 0 Å². The molecule has 30 heavy (non-hydrogen) atoms. The fourth-order valence-corrected chi connectivity index (χ4v) is 4.95. The van der Waals surface area contributed by atoms with E-state index in [0.717, 1.165) is 32.8 Å². The number of ketones is 2. The first-order valence-corrected chi connectivity index (χ1v) is 11.0. The molecular weight excluding hydrogens is 407 g/mol. The third kappa shape index (κ3) is 4.21. The molecule has 2 atom stereocenters. The number of ether oxygens (including phenoxy) is 1. The Kier molecular flexibility index (Phi) is 6.36. The molecule has 2 fully saturated rings. The number of nitrogens with one attached hydrogen (secondary N) is 1. The van der Waals surface area contributed by atoms with Gasteiger partial charge in [0.25, 0.3) is 5.91 Å². The maximum atomic E-state index is 13.5. The summed E-state index contributed by atoms with van der Waals surface area (Å²) in [6.45, 7) is 4.55. The van der Waals surface area contributed by atoms with E-state index in [9.17, 15) is 18.8 Å². The molecule has 0 radical (unpaired) electrons. The zero-order valence-electron chi connectivity index (χ0n) is 16.5. The molecule has 2 unspecified atom stereocenters. The van der Waals surface area contributed by atoms with Gasteiger partial charge in [0.2, 0.25) is 5.78 Å². The van der Waals surface area contributed by atoms with Crippen LogP contribution >= 0.6 is 11.3 Å². The summed E-state index contributed by atoms with van der Waals surface area (Å²) in [6, 6.07) is 8.41. The number of nitrogens with zero attached hydrogens (tertiary/aromatic N) is 1. The van der Waals surface area contributed by atoms with Crippen molar-refractivity contribution in [1.29, 1.82) is 0 Å². The van der Waals surface area contributed by atoms with Gasteiger partial charge in [-0.3, -0.25) is 14.4 Å². The number of hydrogen-bond acceptors (Lipinski definition) is 5. The lowest BCUT2D eigenvalue weighted by Gasteiger charge is -2.28. The average Bonchev–Trinajstić information content (AvgIpc) is 3.38. The van der Waals surface area contributed by atoms with E-state index >= 15 is 0 Å². The molecule has 6 nitrogen and oxygen atoms in total. The van der Waals surface area contributed by atoms with Crippen LogP contribution < -0.4 is 4.90 Å². The fraction of sp³-hybridized carbons (Fsp3) is 0.409. The van der Waals surface area contributed by atoms with Crippen LogP contribution in [-0.4, -0.2) is 61.8 Å². The van der Waals surface area contributed by atoms with Crippen molar-refractivity contribution in [3.05, 3.63) is 58.0 Å². The average molecular weight is 432 g/mol. The maximum absolute atomic E-state index is 13.5. The SMILES string of the molecule is O=C1C(=O)N(CCC[NH+]2CCOCC2)C(c2ccc(F)cc2)C1C(=O)c1cccs1. The van der Waals surface area contributed by atoms with Crippen LogP contribution in [0.2, 0.25) is 0 Å². The highest BCUT2D eigenvalue weighted by Crippen LogP contribution is 2.38. The number of Topliss-reactive ketones (excluding diaryl/α,β-unsaturated/α-hetero) is 2. The third-order valence-electron chi connectivity index (χ3n) is 5.79. The van der Waals surface area contributed by atoms with E-state index in [0.29, 0.717) is 23.4 Å². The van der Waals surface area contributed by atoms with Crippen LogP contribution in [0, 0.1) is 11.7 Å². The van der Waals surface area contributed by atoms with E-state index in [1.165, 1.54) is 33.3 Å². The number of thiophene rings is 1. The Labute approximate surface area is 178 Å². The summed E-state index contributed by atoms with van der Waals surface area (Å²) >= 11 is 1.25. The van der Waals surface area contributed by atoms with Crippen molar-refractivity contribution in [3.8, 4) is 0 Å². The summed E-state index contributed by atoms with van der Waals surface area (Å²) in [4.78, 5) is 42.2. The quantitative estimate of drug-likeness (QED) is 0.406. The summed E-state index contributed by atoms with van der Waals surface area (Å²) in [7, 11) is 0. The van der Waals surface area contributed by atoms with Crippen molar-refractivity contribution in [2.45, 2.75) is 12.5 Å². The summed E-state index contributed by atoms with van der Waals surface area (Å²) in [5.74, 6) is -3.16. The highest BCUT2D eigenvalue weighted by Gasteiger charge is 2.51. The molecule has 158 valence electrons. The normalized spacial score (nSPS) is 22.6. The molecule has 2 aromatic rings. The molecule has 2 saturated heterocycles. The summed E-state index contributed by atoms with van der Waals surface area (Å²) in [5.41, 5.74) is 0.601. The number of benzene rings is 1. The number of halogens is 1. The molecule has 1 aromatic carbocycles. The molecule has 0 saturated carbocycles. The van der Waals surface area contributed by atoms with Crippen LogP contribution in [0.25, 0.3) is 0 Å². The third-order valence-corrected chi connectivity index (χ3v) is 6.68. The topological polar surface area (TPSA) is 68.1 Å². The molecule has 1 aromatic heterocycles.